The van der Waals surface area contributed by atoms with E-state index in [1.165, 1.54) is 12.1 Å². The molecular weight excluding hydrogens is 256 g/mol. The van der Waals surface area contributed by atoms with Gasteiger partial charge in [-0.1, -0.05) is 25.0 Å². The third-order valence-corrected chi connectivity index (χ3v) is 4.26. The number of hydrogen-bond donors (Lipinski definition) is 1. The monoisotopic (exact) mass is 270 g/mol. The molecule has 1 aliphatic carbocycles. The van der Waals surface area contributed by atoms with E-state index in [0.29, 0.717) is 5.56 Å². The average Bonchev–Trinajstić information content (AvgIpc) is 2.80. The molecule has 0 radical (unpaired) electrons. The lowest BCUT2D eigenvalue weighted by molar-refractivity contribution is -0.388. The van der Waals surface area contributed by atoms with Gasteiger partial charge >= 0.3 is 0 Å². The molecule has 0 atom stereocenters. The summed E-state index contributed by atoms with van der Waals surface area (Å²) < 4.78 is 22.8. The molecule has 0 aliphatic heterocycles. The lowest BCUT2D eigenvalue weighted by Gasteiger charge is -2.11. The summed E-state index contributed by atoms with van der Waals surface area (Å²) in [5.74, 6) is 0.0621. The van der Waals surface area contributed by atoms with E-state index in [2.05, 4.69) is 0 Å². The van der Waals surface area contributed by atoms with Crippen molar-refractivity contribution in [3.05, 3.63) is 33.9 Å². The topological polar surface area (TPSA) is 103 Å². The Balaban J connectivity index is 2.63. The normalized spacial score (nSPS) is 16.9. The van der Waals surface area contributed by atoms with E-state index in [4.69, 9.17) is 5.14 Å². The number of rotatable bonds is 3. The molecule has 6 nitrogen and oxygen atoms in total. The van der Waals surface area contributed by atoms with E-state index >= 15 is 0 Å². The first-order valence-corrected chi connectivity index (χ1v) is 7.26. The minimum absolute atomic E-state index is 0.0621. The van der Waals surface area contributed by atoms with Gasteiger partial charge < -0.3 is 0 Å². The van der Waals surface area contributed by atoms with Gasteiger partial charge in [0.2, 0.25) is 10.0 Å². The zero-order valence-electron chi connectivity index (χ0n) is 9.70. The van der Waals surface area contributed by atoms with Crippen LogP contribution in [-0.4, -0.2) is 13.3 Å². The molecule has 1 aromatic carbocycles. The zero-order chi connectivity index (χ0) is 13.3. The predicted octanol–water partition coefficient (Wildman–Crippen LogP) is 1.90. The van der Waals surface area contributed by atoms with Crippen molar-refractivity contribution in [2.24, 2.45) is 5.14 Å². The number of sulfonamides is 1. The SMILES string of the molecule is NS(=O)(=O)c1cccc(C2CCCC2)c1[N+](=O)[O-]. The molecule has 2 rings (SSSR count). The Morgan fingerprint density at radius 2 is 1.89 bits per heavy atom. The Labute approximate surface area is 105 Å². The van der Waals surface area contributed by atoms with Crippen LogP contribution in [0.15, 0.2) is 23.1 Å². The number of nitrogens with zero attached hydrogens (tertiary/aromatic N) is 1. The average molecular weight is 270 g/mol. The van der Waals surface area contributed by atoms with Gasteiger partial charge in [-0.3, -0.25) is 10.1 Å². The highest BCUT2D eigenvalue weighted by Gasteiger charge is 2.31. The van der Waals surface area contributed by atoms with Crippen LogP contribution in [0.1, 0.15) is 37.2 Å². The molecule has 0 aromatic heterocycles. The molecule has 98 valence electrons. The number of nitrogens with two attached hydrogens (primary N) is 1. The van der Waals surface area contributed by atoms with Crippen LogP contribution in [0.25, 0.3) is 0 Å². The van der Waals surface area contributed by atoms with Gasteiger partial charge in [-0.2, -0.15) is 0 Å². The van der Waals surface area contributed by atoms with Crippen LogP contribution >= 0.6 is 0 Å². The Kier molecular flexibility index (Phi) is 3.36. The van der Waals surface area contributed by atoms with Crippen molar-refractivity contribution in [1.82, 2.24) is 0 Å². The van der Waals surface area contributed by atoms with Crippen molar-refractivity contribution < 1.29 is 13.3 Å². The first kappa shape index (κ1) is 13.0. The fraction of sp³-hybridized carbons (Fsp3) is 0.455. The molecule has 0 saturated heterocycles. The third-order valence-electron chi connectivity index (χ3n) is 3.31. The maximum atomic E-state index is 11.4. The largest absolute Gasteiger partial charge is 0.292 e. The summed E-state index contributed by atoms with van der Waals surface area (Å²) in [5, 5.41) is 16.2. The molecule has 1 saturated carbocycles. The van der Waals surface area contributed by atoms with Gasteiger partial charge in [0.05, 0.1) is 4.92 Å². The van der Waals surface area contributed by atoms with Crippen molar-refractivity contribution in [2.75, 3.05) is 0 Å². The highest BCUT2D eigenvalue weighted by Crippen LogP contribution is 2.40. The van der Waals surface area contributed by atoms with Crippen molar-refractivity contribution in [3.8, 4) is 0 Å². The summed E-state index contributed by atoms with van der Waals surface area (Å²) in [6.07, 6.45) is 3.74. The van der Waals surface area contributed by atoms with Crippen LogP contribution in [0.2, 0.25) is 0 Å². The second-order valence-corrected chi connectivity index (χ2v) is 6.01. The predicted molar refractivity (Wildman–Crippen MR) is 65.7 cm³/mol. The van der Waals surface area contributed by atoms with Gasteiger partial charge in [-0.15, -0.1) is 0 Å². The van der Waals surface area contributed by atoms with E-state index in [1.54, 1.807) is 6.07 Å². The number of hydrogen-bond acceptors (Lipinski definition) is 4. The summed E-state index contributed by atoms with van der Waals surface area (Å²) in [6.45, 7) is 0. The quantitative estimate of drug-likeness (QED) is 0.669. The molecule has 0 unspecified atom stereocenters. The zero-order valence-corrected chi connectivity index (χ0v) is 10.5. The molecule has 0 amide bonds. The first-order valence-electron chi connectivity index (χ1n) is 5.71. The van der Waals surface area contributed by atoms with Crippen molar-refractivity contribution in [3.63, 3.8) is 0 Å². The van der Waals surface area contributed by atoms with E-state index in [0.717, 1.165) is 25.7 Å². The number of primary sulfonamides is 1. The van der Waals surface area contributed by atoms with Gasteiger partial charge in [0.15, 0.2) is 4.90 Å². The van der Waals surface area contributed by atoms with Crippen LogP contribution in [0.4, 0.5) is 5.69 Å². The van der Waals surface area contributed by atoms with Gasteiger partial charge in [-0.05, 0) is 24.8 Å². The van der Waals surface area contributed by atoms with Crippen LogP contribution in [-0.2, 0) is 10.0 Å². The first-order chi connectivity index (χ1) is 8.41. The Bertz CT molecular complexity index is 577. The lowest BCUT2D eigenvalue weighted by Crippen LogP contribution is -2.15. The second kappa shape index (κ2) is 4.66. The van der Waals surface area contributed by atoms with Crippen LogP contribution in [0, 0.1) is 10.1 Å². The molecule has 2 N–H and O–H groups in total. The fourth-order valence-electron chi connectivity index (χ4n) is 2.53. The third kappa shape index (κ3) is 2.37. The Morgan fingerprint density at radius 3 is 2.39 bits per heavy atom. The molecule has 7 heteroatoms. The fourth-order valence-corrected chi connectivity index (χ4v) is 3.26. The molecule has 0 heterocycles. The standard InChI is InChI=1S/C11H14N2O4S/c12-18(16,17)10-7-3-6-9(11(10)13(14)15)8-4-1-2-5-8/h3,6-8H,1-2,4-5H2,(H2,12,16,17). The van der Waals surface area contributed by atoms with E-state index in [-0.39, 0.29) is 11.6 Å². The highest BCUT2D eigenvalue weighted by molar-refractivity contribution is 7.89. The van der Waals surface area contributed by atoms with Gasteiger partial charge in [0.25, 0.3) is 5.69 Å². The smallest absolute Gasteiger partial charge is 0.258 e. The maximum Gasteiger partial charge on any atom is 0.292 e. The molecule has 1 fully saturated rings. The van der Waals surface area contributed by atoms with E-state index < -0.39 is 19.8 Å². The summed E-state index contributed by atoms with van der Waals surface area (Å²) in [7, 11) is -4.07. The maximum absolute atomic E-state index is 11.4. The molecule has 0 spiro atoms. The van der Waals surface area contributed by atoms with Gasteiger partial charge in [0, 0.05) is 5.56 Å². The molecule has 1 aliphatic rings. The van der Waals surface area contributed by atoms with Crippen LogP contribution in [0.5, 0.6) is 0 Å². The minimum Gasteiger partial charge on any atom is -0.258 e. The minimum atomic E-state index is -4.07. The molecular formula is C11H14N2O4S. The number of para-hydroxylation sites is 1. The van der Waals surface area contributed by atoms with Gasteiger partial charge in [0.1, 0.15) is 0 Å². The lowest BCUT2D eigenvalue weighted by atomic mass is 9.96. The summed E-state index contributed by atoms with van der Waals surface area (Å²) >= 11 is 0. The van der Waals surface area contributed by atoms with Crippen LogP contribution < -0.4 is 5.14 Å². The van der Waals surface area contributed by atoms with Crippen molar-refractivity contribution in [2.45, 2.75) is 36.5 Å². The van der Waals surface area contributed by atoms with E-state index in [1.807, 2.05) is 0 Å². The number of benzene rings is 1. The van der Waals surface area contributed by atoms with Gasteiger partial charge in [-0.25, -0.2) is 13.6 Å². The van der Waals surface area contributed by atoms with Crippen LogP contribution in [0.3, 0.4) is 0 Å². The molecule has 1 aromatic rings. The van der Waals surface area contributed by atoms with E-state index in [9.17, 15) is 18.5 Å². The van der Waals surface area contributed by atoms with Crippen molar-refractivity contribution in [1.29, 1.82) is 0 Å². The molecule has 18 heavy (non-hydrogen) atoms. The summed E-state index contributed by atoms with van der Waals surface area (Å²) in [6, 6.07) is 4.33. The van der Waals surface area contributed by atoms with Crippen molar-refractivity contribution >= 4 is 15.7 Å². The summed E-state index contributed by atoms with van der Waals surface area (Å²) in [4.78, 5) is 10.1. The number of nitro groups is 1. The second-order valence-electron chi connectivity index (χ2n) is 4.48. The number of nitro benzene ring substituents is 1. The Hall–Kier alpha value is -1.47. The molecule has 0 bridgehead atoms. The Morgan fingerprint density at radius 1 is 1.28 bits per heavy atom. The highest BCUT2D eigenvalue weighted by atomic mass is 32.2. The summed E-state index contributed by atoms with van der Waals surface area (Å²) in [5.41, 5.74) is 0.135.